The van der Waals surface area contributed by atoms with Gasteiger partial charge in [0.25, 0.3) is 0 Å². The van der Waals surface area contributed by atoms with E-state index in [-0.39, 0.29) is 12.6 Å². The van der Waals surface area contributed by atoms with Gasteiger partial charge in [-0.3, -0.25) is 4.90 Å². The summed E-state index contributed by atoms with van der Waals surface area (Å²) >= 11 is 4.14. The Morgan fingerprint density at radius 3 is 2.67 bits per heavy atom. The Bertz CT molecular complexity index is 91.1. The van der Waals surface area contributed by atoms with Gasteiger partial charge in [0, 0.05) is 12.4 Å². The SMILES string of the molecule is CC.OCC1COCCN1CS. The van der Waals surface area contributed by atoms with Gasteiger partial charge in [0.2, 0.25) is 0 Å². The van der Waals surface area contributed by atoms with Crippen LogP contribution in [0.15, 0.2) is 0 Å². The molecule has 1 rings (SSSR count). The molecule has 1 aliphatic heterocycles. The predicted molar refractivity (Wildman–Crippen MR) is 53.6 cm³/mol. The summed E-state index contributed by atoms with van der Waals surface area (Å²) < 4.78 is 5.17. The van der Waals surface area contributed by atoms with Gasteiger partial charge in [0.1, 0.15) is 0 Å². The molecule has 1 N–H and O–H groups in total. The molecule has 0 radical (unpaired) electrons. The molecule has 0 aromatic rings. The zero-order valence-electron chi connectivity index (χ0n) is 7.86. The molecular formula is C8H19NO2S. The van der Waals surface area contributed by atoms with Gasteiger partial charge in [0.05, 0.1) is 25.9 Å². The second-order valence-corrected chi connectivity index (χ2v) is 2.65. The average molecular weight is 193 g/mol. The van der Waals surface area contributed by atoms with Crippen LogP contribution in [-0.2, 0) is 4.74 Å². The van der Waals surface area contributed by atoms with Crippen molar-refractivity contribution in [3.63, 3.8) is 0 Å². The lowest BCUT2D eigenvalue weighted by molar-refractivity contribution is -0.0177. The summed E-state index contributed by atoms with van der Waals surface area (Å²) in [6.07, 6.45) is 0. The van der Waals surface area contributed by atoms with E-state index in [9.17, 15) is 0 Å². The van der Waals surface area contributed by atoms with Crippen LogP contribution in [-0.4, -0.2) is 48.3 Å². The van der Waals surface area contributed by atoms with Gasteiger partial charge >= 0.3 is 0 Å². The van der Waals surface area contributed by atoms with Gasteiger partial charge in [0.15, 0.2) is 0 Å². The van der Waals surface area contributed by atoms with Crippen molar-refractivity contribution in [2.75, 3.05) is 32.2 Å². The normalized spacial score (nSPS) is 24.5. The van der Waals surface area contributed by atoms with Crippen molar-refractivity contribution in [3.05, 3.63) is 0 Å². The largest absolute Gasteiger partial charge is 0.395 e. The molecular weight excluding hydrogens is 174 g/mol. The summed E-state index contributed by atoms with van der Waals surface area (Å²) in [5.41, 5.74) is 0. The van der Waals surface area contributed by atoms with Crippen molar-refractivity contribution in [1.29, 1.82) is 0 Å². The summed E-state index contributed by atoms with van der Waals surface area (Å²) in [5, 5.41) is 8.84. The topological polar surface area (TPSA) is 32.7 Å². The highest BCUT2D eigenvalue weighted by Gasteiger charge is 2.20. The van der Waals surface area contributed by atoms with Crippen molar-refractivity contribution < 1.29 is 9.84 Å². The molecule has 1 fully saturated rings. The van der Waals surface area contributed by atoms with Crippen molar-refractivity contribution in [2.45, 2.75) is 19.9 Å². The predicted octanol–water partition coefficient (Wildman–Crippen LogP) is 0.593. The number of aliphatic hydroxyl groups excluding tert-OH is 1. The smallest absolute Gasteiger partial charge is 0.0645 e. The van der Waals surface area contributed by atoms with E-state index in [0.29, 0.717) is 12.5 Å². The van der Waals surface area contributed by atoms with Crippen molar-refractivity contribution in [2.24, 2.45) is 0 Å². The van der Waals surface area contributed by atoms with Crippen LogP contribution in [0.2, 0.25) is 0 Å². The molecule has 4 heteroatoms. The minimum absolute atomic E-state index is 0.159. The summed E-state index contributed by atoms with van der Waals surface area (Å²) in [6.45, 7) is 6.45. The fourth-order valence-electron chi connectivity index (χ4n) is 1.04. The van der Waals surface area contributed by atoms with Crippen LogP contribution in [0.1, 0.15) is 13.8 Å². The van der Waals surface area contributed by atoms with Gasteiger partial charge < -0.3 is 9.84 Å². The van der Waals surface area contributed by atoms with Gasteiger partial charge in [-0.05, 0) is 0 Å². The van der Waals surface area contributed by atoms with E-state index in [4.69, 9.17) is 9.84 Å². The molecule has 0 bridgehead atoms. The molecule has 1 unspecified atom stereocenters. The average Bonchev–Trinajstić information content (AvgIpc) is 2.20. The first-order valence-corrected chi connectivity index (χ1v) is 5.05. The van der Waals surface area contributed by atoms with Crippen LogP contribution in [0.3, 0.4) is 0 Å². The Balaban J connectivity index is 0.000000561. The Morgan fingerprint density at radius 1 is 1.58 bits per heavy atom. The lowest BCUT2D eigenvalue weighted by Gasteiger charge is -2.32. The van der Waals surface area contributed by atoms with Crippen LogP contribution in [0.5, 0.6) is 0 Å². The molecule has 74 valence electrons. The molecule has 0 aliphatic carbocycles. The highest BCUT2D eigenvalue weighted by molar-refractivity contribution is 7.80. The third kappa shape index (κ3) is 3.76. The Kier molecular flexibility index (Phi) is 8.01. The molecule has 1 saturated heterocycles. The van der Waals surface area contributed by atoms with Gasteiger partial charge in [-0.1, -0.05) is 13.8 Å². The number of nitrogens with zero attached hydrogens (tertiary/aromatic N) is 1. The molecule has 12 heavy (non-hydrogen) atoms. The monoisotopic (exact) mass is 193 g/mol. The number of rotatable bonds is 2. The number of aliphatic hydroxyl groups is 1. The summed E-state index contributed by atoms with van der Waals surface area (Å²) in [6, 6.07) is 0.159. The van der Waals surface area contributed by atoms with Crippen LogP contribution >= 0.6 is 12.6 Å². The van der Waals surface area contributed by atoms with E-state index in [2.05, 4.69) is 17.5 Å². The van der Waals surface area contributed by atoms with Gasteiger partial charge in [-0.2, -0.15) is 12.6 Å². The van der Waals surface area contributed by atoms with Crippen LogP contribution in [0.4, 0.5) is 0 Å². The summed E-state index contributed by atoms with van der Waals surface area (Å²) in [4.78, 5) is 2.10. The third-order valence-electron chi connectivity index (χ3n) is 1.74. The minimum atomic E-state index is 0.159. The quantitative estimate of drug-likeness (QED) is 0.630. The maximum absolute atomic E-state index is 8.84. The Labute approximate surface area is 80.1 Å². The number of thiol groups is 1. The zero-order valence-corrected chi connectivity index (χ0v) is 8.76. The number of morpholine rings is 1. The first-order chi connectivity index (χ1) is 5.88. The fraction of sp³-hybridized carbons (Fsp3) is 1.00. The fourth-order valence-corrected chi connectivity index (χ4v) is 1.42. The van der Waals surface area contributed by atoms with E-state index in [1.165, 1.54) is 0 Å². The van der Waals surface area contributed by atoms with Crippen molar-refractivity contribution >= 4 is 12.6 Å². The zero-order chi connectivity index (χ0) is 9.40. The second kappa shape index (κ2) is 7.86. The highest BCUT2D eigenvalue weighted by atomic mass is 32.1. The summed E-state index contributed by atoms with van der Waals surface area (Å²) in [5.74, 6) is 0.703. The minimum Gasteiger partial charge on any atom is -0.395 e. The molecule has 0 aromatic carbocycles. The molecule has 1 aliphatic rings. The first kappa shape index (κ1) is 12.2. The maximum Gasteiger partial charge on any atom is 0.0645 e. The first-order valence-electron chi connectivity index (χ1n) is 4.42. The molecule has 0 aromatic heterocycles. The molecule has 0 amide bonds. The summed E-state index contributed by atoms with van der Waals surface area (Å²) in [7, 11) is 0. The van der Waals surface area contributed by atoms with E-state index in [1.54, 1.807) is 0 Å². The van der Waals surface area contributed by atoms with Crippen LogP contribution in [0, 0.1) is 0 Å². The molecule has 0 saturated carbocycles. The van der Waals surface area contributed by atoms with Crippen LogP contribution in [0.25, 0.3) is 0 Å². The standard InChI is InChI=1S/C6H13NO2S.C2H6/c8-3-6-4-9-2-1-7(6)5-10;1-2/h6,8,10H,1-5H2;1-2H3. The highest BCUT2D eigenvalue weighted by Crippen LogP contribution is 2.05. The maximum atomic E-state index is 8.84. The van der Waals surface area contributed by atoms with Gasteiger partial charge in [-0.15, -0.1) is 0 Å². The van der Waals surface area contributed by atoms with Crippen molar-refractivity contribution in [3.8, 4) is 0 Å². The number of ether oxygens (including phenoxy) is 1. The van der Waals surface area contributed by atoms with Gasteiger partial charge in [-0.25, -0.2) is 0 Å². The Morgan fingerprint density at radius 2 is 2.25 bits per heavy atom. The lowest BCUT2D eigenvalue weighted by atomic mass is 10.2. The number of hydrogen-bond acceptors (Lipinski definition) is 4. The molecule has 1 heterocycles. The molecule has 1 atom stereocenters. The van der Waals surface area contributed by atoms with Crippen molar-refractivity contribution in [1.82, 2.24) is 4.90 Å². The second-order valence-electron chi connectivity index (χ2n) is 2.37. The number of hydrogen-bond donors (Lipinski definition) is 2. The van der Waals surface area contributed by atoms with E-state index in [0.717, 1.165) is 13.2 Å². The van der Waals surface area contributed by atoms with E-state index < -0.39 is 0 Å². The third-order valence-corrected chi connectivity index (χ3v) is 2.11. The van der Waals surface area contributed by atoms with E-state index in [1.807, 2.05) is 13.8 Å². The molecule has 3 nitrogen and oxygen atoms in total. The lowest BCUT2D eigenvalue weighted by Crippen LogP contribution is -2.46. The molecule has 0 spiro atoms. The van der Waals surface area contributed by atoms with E-state index >= 15 is 0 Å². The van der Waals surface area contributed by atoms with Crippen LogP contribution < -0.4 is 0 Å². The Hall–Kier alpha value is 0.230.